The highest BCUT2D eigenvalue weighted by atomic mass is 16.5. The van der Waals surface area contributed by atoms with Gasteiger partial charge in [0.25, 0.3) is 0 Å². The smallest absolute Gasteiger partial charge is 0.361 e. The Morgan fingerprint density at radius 3 is 1.76 bits per heavy atom. The normalized spacial score (nSPS) is 24.2. The number of carbonyl (C=O) groups excluding carboxylic acids is 1. The molecule has 0 atom stereocenters. The number of carbonyl (C=O) groups is 1. The number of hydrogen-bond donors (Lipinski definition) is 1. The maximum atomic E-state index is 12.1. The highest BCUT2D eigenvalue weighted by molar-refractivity contribution is 5.70. The van der Waals surface area contributed by atoms with E-state index in [9.17, 15) is 4.79 Å². The van der Waals surface area contributed by atoms with Crippen LogP contribution in [0.3, 0.4) is 0 Å². The minimum absolute atomic E-state index is 0.0454. The van der Waals surface area contributed by atoms with Gasteiger partial charge in [0, 0.05) is 12.8 Å². The third-order valence-electron chi connectivity index (χ3n) is 5.06. The molecule has 1 aliphatic carbocycles. The lowest BCUT2D eigenvalue weighted by Gasteiger charge is -2.20. The second-order valence-electron chi connectivity index (χ2n) is 7.01. The molecule has 1 saturated carbocycles. The number of esters is 1. The third-order valence-corrected chi connectivity index (χ3v) is 5.06. The van der Waals surface area contributed by atoms with Crippen LogP contribution < -0.4 is 4.90 Å². The van der Waals surface area contributed by atoms with Crippen molar-refractivity contribution in [2.45, 2.75) is 89.6 Å². The molecule has 0 spiro atoms. The molecule has 0 bridgehead atoms. The highest BCUT2D eigenvalue weighted by Gasteiger charge is 2.22. The largest absolute Gasteiger partial charge is 0.458 e. The molecule has 1 heterocycles. The third kappa shape index (κ3) is 7.30. The van der Waals surface area contributed by atoms with Crippen molar-refractivity contribution in [2.24, 2.45) is 0 Å². The summed E-state index contributed by atoms with van der Waals surface area (Å²) in [5.74, 6) is 0.0454. The van der Waals surface area contributed by atoms with Crippen LogP contribution in [0.5, 0.6) is 0 Å². The van der Waals surface area contributed by atoms with E-state index in [1.54, 1.807) is 0 Å². The molecule has 0 aromatic rings. The zero-order valence-corrected chi connectivity index (χ0v) is 13.7. The Labute approximate surface area is 130 Å². The summed E-state index contributed by atoms with van der Waals surface area (Å²) in [7, 11) is 0. The second kappa shape index (κ2) is 10.2. The van der Waals surface area contributed by atoms with Crippen molar-refractivity contribution >= 4 is 5.97 Å². The average Bonchev–Trinajstić information content (AvgIpc) is 2.94. The maximum Gasteiger partial charge on any atom is 0.361 e. The molecular weight excluding hydrogens is 262 g/mol. The Morgan fingerprint density at radius 2 is 1.24 bits per heavy atom. The zero-order valence-electron chi connectivity index (χ0n) is 13.7. The molecule has 3 nitrogen and oxygen atoms in total. The number of rotatable bonds is 3. The van der Waals surface area contributed by atoms with Gasteiger partial charge in [0.1, 0.15) is 6.10 Å². The fraction of sp³-hybridized carbons (Fsp3) is 0.944. The standard InChI is InChI=1S/C18H33NO2/c20-18(16-19-14-10-11-15-19)21-17-12-8-6-4-2-1-3-5-7-9-13-17/h17H,1-16H2/p+1. The van der Waals surface area contributed by atoms with Crippen molar-refractivity contribution < 1.29 is 14.4 Å². The average molecular weight is 296 g/mol. The lowest BCUT2D eigenvalue weighted by Crippen LogP contribution is -3.11. The highest BCUT2D eigenvalue weighted by Crippen LogP contribution is 2.18. The van der Waals surface area contributed by atoms with Gasteiger partial charge in [-0.15, -0.1) is 0 Å². The Balaban J connectivity index is 1.70. The van der Waals surface area contributed by atoms with E-state index < -0.39 is 0 Å². The van der Waals surface area contributed by atoms with Crippen molar-refractivity contribution in [1.82, 2.24) is 0 Å². The van der Waals surface area contributed by atoms with E-state index in [-0.39, 0.29) is 12.1 Å². The topological polar surface area (TPSA) is 30.7 Å². The van der Waals surface area contributed by atoms with Gasteiger partial charge in [-0.05, 0) is 25.7 Å². The molecule has 122 valence electrons. The molecular formula is C18H34NO2+. The molecule has 2 rings (SSSR count). The number of hydrogen-bond acceptors (Lipinski definition) is 2. The van der Waals surface area contributed by atoms with Crippen molar-refractivity contribution in [1.29, 1.82) is 0 Å². The minimum Gasteiger partial charge on any atom is -0.458 e. The first-order valence-electron chi connectivity index (χ1n) is 9.37. The first-order chi connectivity index (χ1) is 10.3. The van der Waals surface area contributed by atoms with Crippen LogP contribution in [0.25, 0.3) is 0 Å². The van der Waals surface area contributed by atoms with Crippen LogP contribution in [0, 0.1) is 0 Å². The summed E-state index contributed by atoms with van der Waals surface area (Å²) < 4.78 is 5.80. The van der Waals surface area contributed by atoms with Crippen LogP contribution in [-0.4, -0.2) is 31.7 Å². The quantitative estimate of drug-likeness (QED) is 0.812. The number of nitrogens with one attached hydrogen (secondary N) is 1. The molecule has 0 amide bonds. The zero-order chi connectivity index (χ0) is 14.8. The monoisotopic (exact) mass is 296 g/mol. The summed E-state index contributed by atoms with van der Waals surface area (Å²) in [5.41, 5.74) is 0. The van der Waals surface area contributed by atoms with Crippen LogP contribution in [-0.2, 0) is 9.53 Å². The fourth-order valence-electron chi connectivity index (χ4n) is 3.73. The van der Waals surface area contributed by atoms with Gasteiger partial charge in [0.15, 0.2) is 6.54 Å². The van der Waals surface area contributed by atoms with Gasteiger partial charge < -0.3 is 9.64 Å². The Hall–Kier alpha value is -0.570. The first-order valence-corrected chi connectivity index (χ1v) is 9.37. The van der Waals surface area contributed by atoms with Crippen LogP contribution >= 0.6 is 0 Å². The van der Waals surface area contributed by atoms with Gasteiger partial charge >= 0.3 is 5.97 Å². The summed E-state index contributed by atoms with van der Waals surface area (Å²) >= 11 is 0. The summed E-state index contributed by atoms with van der Waals surface area (Å²) in [6, 6.07) is 0. The summed E-state index contributed by atoms with van der Waals surface area (Å²) in [6.07, 6.45) is 16.9. The Morgan fingerprint density at radius 1 is 0.762 bits per heavy atom. The van der Waals surface area contributed by atoms with Gasteiger partial charge in [0.2, 0.25) is 0 Å². The Bertz CT molecular complexity index is 275. The molecule has 2 aliphatic rings. The van der Waals surface area contributed by atoms with E-state index >= 15 is 0 Å². The van der Waals surface area contributed by atoms with E-state index in [1.165, 1.54) is 75.5 Å². The lowest BCUT2D eigenvalue weighted by molar-refractivity contribution is -0.879. The maximum absolute atomic E-state index is 12.1. The SMILES string of the molecule is O=C(C[NH+]1CCCC1)OC1CCCCCCCCCCC1. The van der Waals surface area contributed by atoms with Crippen molar-refractivity contribution in [3.63, 3.8) is 0 Å². The van der Waals surface area contributed by atoms with E-state index in [0.717, 1.165) is 25.9 Å². The molecule has 0 aromatic carbocycles. The van der Waals surface area contributed by atoms with E-state index in [2.05, 4.69) is 0 Å². The fourth-order valence-corrected chi connectivity index (χ4v) is 3.73. The molecule has 0 radical (unpaired) electrons. The molecule has 0 unspecified atom stereocenters. The summed E-state index contributed by atoms with van der Waals surface area (Å²) in [4.78, 5) is 13.5. The summed E-state index contributed by atoms with van der Waals surface area (Å²) in [5, 5.41) is 0. The molecule has 3 heteroatoms. The molecule has 1 aliphatic heterocycles. The number of likely N-dealkylation sites (tertiary alicyclic amines) is 1. The number of ether oxygens (including phenoxy) is 1. The molecule has 2 fully saturated rings. The molecule has 0 aromatic heterocycles. The predicted molar refractivity (Wildman–Crippen MR) is 85.5 cm³/mol. The first kappa shape index (κ1) is 16.8. The van der Waals surface area contributed by atoms with Crippen molar-refractivity contribution in [2.75, 3.05) is 19.6 Å². The van der Waals surface area contributed by atoms with Gasteiger partial charge in [-0.25, -0.2) is 4.79 Å². The van der Waals surface area contributed by atoms with Gasteiger partial charge in [-0.3, -0.25) is 0 Å². The van der Waals surface area contributed by atoms with Gasteiger partial charge in [-0.1, -0.05) is 44.9 Å². The van der Waals surface area contributed by atoms with E-state index in [0.29, 0.717) is 6.54 Å². The van der Waals surface area contributed by atoms with Crippen LogP contribution in [0.4, 0.5) is 0 Å². The van der Waals surface area contributed by atoms with Crippen LogP contribution in [0.2, 0.25) is 0 Å². The van der Waals surface area contributed by atoms with Crippen molar-refractivity contribution in [3.8, 4) is 0 Å². The summed E-state index contributed by atoms with van der Waals surface area (Å²) in [6.45, 7) is 2.90. The minimum atomic E-state index is 0.0454. The van der Waals surface area contributed by atoms with E-state index in [4.69, 9.17) is 4.74 Å². The van der Waals surface area contributed by atoms with E-state index in [1.807, 2.05) is 0 Å². The van der Waals surface area contributed by atoms with Gasteiger partial charge in [0.05, 0.1) is 13.1 Å². The van der Waals surface area contributed by atoms with Crippen molar-refractivity contribution in [3.05, 3.63) is 0 Å². The Kier molecular flexibility index (Phi) is 8.16. The molecule has 1 saturated heterocycles. The number of quaternary nitrogens is 1. The second-order valence-corrected chi connectivity index (χ2v) is 7.01. The van der Waals surface area contributed by atoms with Crippen LogP contribution in [0.1, 0.15) is 83.5 Å². The predicted octanol–water partition coefficient (Wildman–Crippen LogP) is 2.88. The van der Waals surface area contributed by atoms with Gasteiger partial charge in [-0.2, -0.15) is 0 Å². The molecule has 1 N–H and O–H groups in total. The lowest BCUT2D eigenvalue weighted by atomic mass is 9.99. The molecule has 21 heavy (non-hydrogen) atoms. The van der Waals surface area contributed by atoms with Crippen LogP contribution in [0.15, 0.2) is 0 Å².